The highest BCUT2D eigenvalue weighted by molar-refractivity contribution is 6.00. The van der Waals surface area contributed by atoms with E-state index >= 15 is 0 Å². The van der Waals surface area contributed by atoms with E-state index in [1.165, 1.54) is 13.2 Å². The predicted molar refractivity (Wildman–Crippen MR) is 116 cm³/mol. The Morgan fingerprint density at radius 1 is 1.06 bits per heavy atom. The van der Waals surface area contributed by atoms with Crippen LogP contribution in [0.5, 0.6) is 11.5 Å². The molecule has 0 aliphatic rings. The van der Waals surface area contributed by atoms with Crippen LogP contribution in [-0.4, -0.2) is 37.1 Å². The van der Waals surface area contributed by atoms with Gasteiger partial charge in [0, 0.05) is 23.0 Å². The molecule has 0 saturated carbocycles. The number of aryl methyl sites for hydroxylation is 1. The molecule has 0 saturated heterocycles. The molecule has 2 heterocycles. The van der Waals surface area contributed by atoms with E-state index in [0.717, 1.165) is 22.7 Å². The molecule has 162 valence electrons. The summed E-state index contributed by atoms with van der Waals surface area (Å²) in [7, 11) is 3.09. The molecule has 2 aromatic heterocycles. The van der Waals surface area contributed by atoms with Crippen molar-refractivity contribution in [2.75, 3.05) is 20.8 Å². The number of esters is 1. The van der Waals surface area contributed by atoms with Gasteiger partial charge in [-0.05, 0) is 55.8 Å². The highest BCUT2D eigenvalue weighted by atomic mass is 16.5. The lowest BCUT2D eigenvalue weighted by Crippen LogP contribution is -2.13. The van der Waals surface area contributed by atoms with Crippen LogP contribution in [0.3, 0.4) is 0 Å². The molecule has 0 amide bonds. The zero-order valence-corrected chi connectivity index (χ0v) is 18.0. The fourth-order valence-electron chi connectivity index (χ4n) is 3.27. The van der Waals surface area contributed by atoms with Gasteiger partial charge in [-0.1, -0.05) is 6.07 Å². The van der Waals surface area contributed by atoms with E-state index < -0.39 is 5.97 Å². The standard InChI is InChI=1S/C24H25NO6/c1-16-12-20(17(2)25(16)14-19-6-5-11-30-19)21(26)15-31-24(27)10-8-18-7-9-22(28-3)23(13-18)29-4/h5-13H,14-15H2,1-4H3/b10-8+. The van der Waals surface area contributed by atoms with Crippen LogP contribution in [0.1, 0.15) is 33.1 Å². The topological polar surface area (TPSA) is 79.9 Å². The third-order valence-electron chi connectivity index (χ3n) is 4.93. The second kappa shape index (κ2) is 9.84. The van der Waals surface area contributed by atoms with E-state index in [4.69, 9.17) is 18.6 Å². The predicted octanol–water partition coefficient (Wildman–Crippen LogP) is 4.20. The molecule has 0 aliphatic heterocycles. The Bertz CT molecular complexity index is 1090. The van der Waals surface area contributed by atoms with E-state index in [1.54, 1.807) is 43.7 Å². The monoisotopic (exact) mass is 423 g/mol. The maximum absolute atomic E-state index is 12.6. The van der Waals surface area contributed by atoms with Gasteiger partial charge in [-0.2, -0.15) is 0 Å². The van der Waals surface area contributed by atoms with Crippen LogP contribution in [0, 0.1) is 13.8 Å². The van der Waals surface area contributed by atoms with Crippen molar-refractivity contribution >= 4 is 17.8 Å². The molecule has 31 heavy (non-hydrogen) atoms. The normalized spacial score (nSPS) is 11.0. The second-order valence-electron chi connectivity index (χ2n) is 6.93. The van der Waals surface area contributed by atoms with Crippen molar-refractivity contribution in [1.82, 2.24) is 4.57 Å². The summed E-state index contributed by atoms with van der Waals surface area (Å²) in [4.78, 5) is 24.7. The highest BCUT2D eigenvalue weighted by Gasteiger charge is 2.17. The number of furan rings is 1. The van der Waals surface area contributed by atoms with Crippen LogP contribution >= 0.6 is 0 Å². The van der Waals surface area contributed by atoms with Crippen LogP contribution < -0.4 is 9.47 Å². The van der Waals surface area contributed by atoms with Gasteiger partial charge in [-0.15, -0.1) is 0 Å². The van der Waals surface area contributed by atoms with Crippen LogP contribution in [0.25, 0.3) is 6.08 Å². The average Bonchev–Trinajstić information content (AvgIpc) is 3.39. The highest BCUT2D eigenvalue weighted by Crippen LogP contribution is 2.28. The van der Waals surface area contributed by atoms with Gasteiger partial charge in [0.15, 0.2) is 18.1 Å². The van der Waals surface area contributed by atoms with Crippen LogP contribution in [0.15, 0.2) is 53.2 Å². The van der Waals surface area contributed by atoms with Gasteiger partial charge in [0.1, 0.15) is 5.76 Å². The van der Waals surface area contributed by atoms with E-state index in [9.17, 15) is 9.59 Å². The van der Waals surface area contributed by atoms with Gasteiger partial charge in [-0.3, -0.25) is 4.79 Å². The lowest BCUT2D eigenvalue weighted by Gasteiger charge is -2.08. The van der Waals surface area contributed by atoms with Gasteiger partial charge in [0.25, 0.3) is 0 Å². The number of rotatable bonds is 9. The van der Waals surface area contributed by atoms with E-state index in [0.29, 0.717) is 23.6 Å². The fourth-order valence-corrected chi connectivity index (χ4v) is 3.27. The summed E-state index contributed by atoms with van der Waals surface area (Å²) in [5.74, 6) is 1.09. The Kier molecular flexibility index (Phi) is 6.97. The number of methoxy groups -OCH3 is 2. The molecule has 1 aromatic carbocycles. The number of hydrogen-bond acceptors (Lipinski definition) is 6. The first-order valence-electron chi connectivity index (χ1n) is 9.72. The molecule has 0 unspecified atom stereocenters. The summed E-state index contributed by atoms with van der Waals surface area (Å²) in [6.07, 6.45) is 4.48. The van der Waals surface area contributed by atoms with Crippen molar-refractivity contribution in [2.45, 2.75) is 20.4 Å². The summed E-state index contributed by atoms with van der Waals surface area (Å²) < 4.78 is 22.9. The number of carbonyl (C=O) groups excluding carboxylic acids is 2. The smallest absolute Gasteiger partial charge is 0.331 e. The molecule has 0 spiro atoms. The van der Waals surface area contributed by atoms with E-state index in [1.807, 2.05) is 30.5 Å². The Labute approximate surface area is 180 Å². The van der Waals surface area contributed by atoms with Crippen molar-refractivity contribution in [1.29, 1.82) is 0 Å². The lowest BCUT2D eigenvalue weighted by molar-refractivity contribution is -0.136. The number of Topliss-reactive ketones (excluding diaryl/α,β-unsaturated/α-hetero) is 1. The number of hydrogen-bond donors (Lipinski definition) is 0. The molecule has 0 bridgehead atoms. The van der Waals surface area contributed by atoms with Crippen molar-refractivity contribution in [3.8, 4) is 11.5 Å². The number of ketones is 1. The van der Waals surface area contributed by atoms with E-state index in [-0.39, 0.29) is 12.4 Å². The zero-order chi connectivity index (χ0) is 22.4. The third kappa shape index (κ3) is 5.25. The van der Waals surface area contributed by atoms with Crippen molar-refractivity contribution in [2.24, 2.45) is 0 Å². The van der Waals surface area contributed by atoms with Crippen molar-refractivity contribution in [3.63, 3.8) is 0 Å². The van der Waals surface area contributed by atoms with Gasteiger partial charge >= 0.3 is 5.97 Å². The molecule has 3 rings (SSSR count). The first-order chi connectivity index (χ1) is 14.9. The summed E-state index contributed by atoms with van der Waals surface area (Å²) in [5.41, 5.74) is 3.00. The first-order valence-corrected chi connectivity index (χ1v) is 9.72. The van der Waals surface area contributed by atoms with Gasteiger partial charge in [-0.25, -0.2) is 4.79 Å². The lowest BCUT2D eigenvalue weighted by atomic mass is 10.1. The molecular formula is C24H25NO6. The SMILES string of the molecule is COc1ccc(/C=C/C(=O)OCC(=O)c2cc(C)n(Cc3ccco3)c2C)cc1OC. The van der Waals surface area contributed by atoms with Crippen LogP contribution in [0.2, 0.25) is 0 Å². The van der Waals surface area contributed by atoms with Crippen LogP contribution in [-0.2, 0) is 16.1 Å². The summed E-state index contributed by atoms with van der Waals surface area (Å²) in [6, 6.07) is 10.8. The van der Waals surface area contributed by atoms with Gasteiger partial charge in [0.2, 0.25) is 5.78 Å². The van der Waals surface area contributed by atoms with Crippen LogP contribution in [0.4, 0.5) is 0 Å². The summed E-state index contributed by atoms with van der Waals surface area (Å²) in [5, 5.41) is 0. The number of nitrogens with zero attached hydrogens (tertiary/aromatic N) is 1. The van der Waals surface area contributed by atoms with Gasteiger partial charge < -0.3 is 23.2 Å². The van der Waals surface area contributed by atoms with Crippen molar-refractivity contribution < 1.29 is 28.2 Å². The maximum Gasteiger partial charge on any atom is 0.331 e. The van der Waals surface area contributed by atoms with Gasteiger partial charge in [0.05, 0.1) is 27.0 Å². The average molecular weight is 423 g/mol. The third-order valence-corrected chi connectivity index (χ3v) is 4.93. The summed E-state index contributed by atoms with van der Waals surface area (Å²) >= 11 is 0. The molecular weight excluding hydrogens is 398 g/mol. The minimum Gasteiger partial charge on any atom is -0.493 e. The first kappa shape index (κ1) is 22.0. The molecule has 0 radical (unpaired) electrons. The Hall–Kier alpha value is -3.74. The molecule has 0 N–H and O–H groups in total. The number of aromatic nitrogens is 1. The number of ether oxygens (including phenoxy) is 3. The Balaban J connectivity index is 1.60. The van der Waals surface area contributed by atoms with E-state index in [2.05, 4.69) is 0 Å². The molecule has 7 heteroatoms. The van der Waals surface area contributed by atoms with Crippen molar-refractivity contribution in [3.05, 3.63) is 77.0 Å². The molecule has 3 aromatic rings. The minimum absolute atomic E-state index is 0.258. The molecule has 7 nitrogen and oxygen atoms in total. The number of benzene rings is 1. The molecule has 0 fully saturated rings. The largest absolute Gasteiger partial charge is 0.493 e. The Morgan fingerprint density at radius 2 is 1.84 bits per heavy atom. The maximum atomic E-state index is 12.6. The second-order valence-corrected chi connectivity index (χ2v) is 6.93. The molecule has 0 aliphatic carbocycles. The Morgan fingerprint density at radius 3 is 2.52 bits per heavy atom. The quantitative estimate of drug-likeness (QED) is 0.292. The fraction of sp³-hybridized carbons (Fsp3) is 0.250. The minimum atomic E-state index is -0.604. The number of carbonyl (C=O) groups is 2. The summed E-state index contributed by atoms with van der Waals surface area (Å²) in [6.45, 7) is 3.98. The zero-order valence-electron chi connectivity index (χ0n) is 18.0. The molecule has 0 atom stereocenters.